The molecule has 0 atom stereocenters. The van der Waals surface area contributed by atoms with Crippen molar-refractivity contribution in [3.05, 3.63) is 53.4 Å². The third-order valence-corrected chi connectivity index (χ3v) is 3.52. The van der Waals surface area contributed by atoms with Gasteiger partial charge < -0.3 is 14.6 Å². The monoisotopic (exact) mass is 334 g/mol. The van der Waals surface area contributed by atoms with Crippen molar-refractivity contribution < 1.29 is 36.6 Å². The van der Waals surface area contributed by atoms with Crippen molar-refractivity contribution in [2.45, 2.75) is 6.48 Å². The van der Waals surface area contributed by atoms with E-state index in [0.717, 1.165) is 12.1 Å². The molecular formula is C13H7F5O3Si. The van der Waals surface area contributed by atoms with Crippen LogP contribution in [0.4, 0.5) is 22.0 Å². The molecule has 9 heteroatoms. The molecule has 116 valence electrons. The average Bonchev–Trinajstić information content (AvgIpc) is 2.50. The quantitative estimate of drug-likeness (QED) is 0.293. The molecule has 3 nitrogen and oxygen atoms in total. The SMILES string of the molecule is OC(O)O[Si]c1cccc(-c2c(F)c(F)c(F)c(F)c2F)c1. The Morgan fingerprint density at radius 2 is 1.41 bits per heavy atom. The van der Waals surface area contributed by atoms with E-state index in [1.807, 2.05) is 0 Å². The molecule has 0 fully saturated rings. The number of hydrogen-bond acceptors (Lipinski definition) is 3. The van der Waals surface area contributed by atoms with E-state index in [0.29, 0.717) is 0 Å². The van der Waals surface area contributed by atoms with Gasteiger partial charge in [-0.1, -0.05) is 24.3 Å². The summed E-state index contributed by atoms with van der Waals surface area (Å²) in [7, 11) is -0.595. The highest BCUT2D eigenvalue weighted by atomic mass is 28.2. The Balaban J connectivity index is 2.51. The van der Waals surface area contributed by atoms with Crippen molar-refractivity contribution in [3.8, 4) is 11.1 Å². The Kier molecular flexibility index (Phi) is 4.91. The minimum atomic E-state index is -2.23. The molecule has 0 saturated carbocycles. The number of rotatable bonds is 4. The third-order valence-electron chi connectivity index (χ3n) is 2.64. The van der Waals surface area contributed by atoms with Crippen LogP contribution in [0.15, 0.2) is 24.3 Å². The summed E-state index contributed by atoms with van der Waals surface area (Å²) in [5, 5.41) is 17.4. The van der Waals surface area contributed by atoms with Gasteiger partial charge in [0.05, 0.1) is 5.56 Å². The fourth-order valence-electron chi connectivity index (χ4n) is 1.72. The fourth-order valence-corrected chi connectivity index (χ4v) is 2.34. The van der Waals surface area contributed by atoms with Crippen molar-refractivity contribution in [3.63, 3.8) is 0 Å². The molecule has 0 heterocycles. The number of hydrogen-bond donors (Lipinski definition) is 2. The molecule has 0 aliphatic rings. The molecule has 0 saturated heterocycles. The smallest absolute Gasteiger partial charge is 0.275 e. The highest BCUT2D eigenvalue weighted by molar-refractivity contribution is 6.47. The molecule has 0 bridgehead atoms. The van der Waals surface area contributed by atoms with Gasteiger partial charge in [-0.15, -0.1) is 0 Å². The van der Waals surface area contributed by atoms with Gasteiger partial charge in [0, 0.05) is 0 Å². The normalized spacial score (nSPS) is 11.3. The van der Waals surface area contributed by atoms with E-state index in [-0.39, 0.29) is 10.8 Å². The summed E-state index contributed by atoms with van der Waals surface area (Å²) in [6.07, 6.45) is 0. The molecule has 2 aromatic carbocycles. The van der Waals surface area contributed by atoms with E-state index in [2.05, 4.69) is 4.43 Å². The zero-order chi connectivity index (χ0) is 16.4. The van der Waals surface area contributed by atoms with Crippen LogP contribution in [-0.2, 0) is 4.43 Å². The standard InChI is InChI=1S/C13H7F5O3Si/c14-8-7(9(15)11(17)12(18)10(8)16)5-2-1-3-6(4-5)22-21-13(19)20/h1-4,13,19-20H. The molecule has 2 radical (unpaired) electrons. The van der Waals surface area contributed by atoms with Gasteiger partial charge in [0.1, 0.15) is 0 Å². The lowest BCUT2D eigenvalue weighted by Crippen LogP contribution is -2.23. The summed E-state index contributed by atoms with van der Waals surface area (Å²) in [6, 6.07) is 5.01. The summed E-state index contributed by atoms with van der Waals surface area (Å²) >= 11 is 0. The van der Waals surface area contributed by atoms with Crippen LogP contribution >= 0.6 is 0 Å². The lowest BCUT2D eigenvalue weighted by molar-refractivity contribution is -0.179. The second kappa shape index (κ2) is 6.52. The van der Waals surface area contributed by atoms with Gasteiger partial charge in [0.15, 0.2) is 23.3 Å². The van der Waals surface area contributed by atoms with Crippen LogP contribution in [0.5, 0.6) is 0 Å². The highest BCUT2D eigenvalue weighted by Crippen LogP contribution is 2.30. The minimum absolute atomic E-state index is 0.256. The Hall–Kier alpha value is -1.81. The van der Waals surface area contributed by atoms with E-state index in [9.17, 15) is 22.0 Å². The van der Waals surface area contributed by atoms with Crippen LogP contribution in [0.25, 0.3) is 11.1 Å². The van der Waals surface area contributed by atoms with Gasteiger partial charge in [-0.3, -0.25) is 0 Å². The zero-order valence-corrected chi connectivity index (χ0v) is 11.6. The maximum absolute atomic E-state index is 13.7. The molecule has 0 amide bonds. The van der Waals surface area contributed by atoms with E-state index in [4.69, 9.17) is 10.2 Å². The summed E-state index contributed by atoms with van der Waals surface area (Å²) in [4.78, 5) is 0. The van der Waals surface area contributed by atoms with Gasteiger partial charge >= 0.3 is 0 Å². The maximum atomic E-state index is 13.7. The van der Waals surface area contributed by atoms with Gasteiger partial charge in [0.2, 0.25) is 5.82 Å². The predicted octanol–water partition coefficient (Wildman–Crippen LogP) is 1.58. The second-order valence-corrected chi connectivity index (χ2v) is 5.09. The first-order valence-electron chi connectivity index (χ1n) is 5.72. The van der Waals surface area contributed by atoms with E-state index >= 15 is 0 Å². The van der Waals surface area contributed by atoms with Crippen LogP contribution in [0.3, 0.4) is 0 Å². The van der Waals surface area contributed by atoms with Crippen LogP contribution in [0.2, 0.25) is 0 Å². The number of halogens is 5. The molecule has 2 N–H and O–H groups in total. The van der Waals surface area contributed by atoms with Crippen LogP contribution in [-0.4, -0.2) is 26.5 Å². The maximum Gasteiger partial charge on any atom is 0.275 e. The Bertz CT molecular complexity index is 679. The second-order valence-electron chi connectivity index (χ2n) is 4.07. The number of aliphatic hydroxyl groups is 2. The molecule has 2 aromatic rings. The Morgan fingerprint density at radius 1 is 0.864 bits per heavy atom. The molecule has 0 spiro atoms. The first-order valence-corrected chi connectivity index (χ1v) is 6.63. The first kappa shape index (κ1) is 16.6. The molecule has 2 rings (SSSR count). The average molecular weight is 334 g/mol. The topological polar surface area (TPSA) is 49.7 Å². The van der Waals surface area contributed by atoms with Crippen molar-refractivity contribution in [1.29, 1.82) is 0 Å². The minimum Gasteiger partial charge on any atom is -0.366 e. The zero-order valence-electron chi connectivity index (χ0n) is 10.6. The van der Waals surface area contributed by atoms with Crippen molar-refractivity contribution in [2.24, 2.45) is 0 Å². The Labute approximate surface area is 123 Å². The van der Waals surface area contributed by atoms with Gasteiger partial charge in [-0.2, -0.15) is 0 Å². The summed E-state index contributed by atoms with van der Waals surface area (Å²) in [5.41, 5.74) is -1.32. The molecule has 0 aliphatic heterocycles. The lowest BCUT2D eigenvalue weighted by Gasteiger charge is -2.10. The predicted molar refractivity (Wildman–Crippen MR) is 66.4 cm³/mol. The van der Waals surface area contributed by atoms with Gasteiger partial charge in [-0.25, -0.2) is 22.0 Å². The third kappa shape index (κ3) is 3.17. The largest absolute Gasteiger partial charge is 0.366 e. The molecule has 0 unspecified atom stereocenters. The van der Waals surface area contributed by atoms with Crippen molar-refractivity contribution in [2.75, 3.05) is 0 Å². The van der Waals surface area contributed by atoms with Crippen LogP contribution in [0, 0.1) is 29.1 Å². The first-order chi connectivity index (χ1) is 10.3. The van der Waals surface area contributed by atoms with E-state index in [1.54, 1.807) is 0 Å². The number of aliphatic hydroxyl groups excluding tert-OH is 1. The van der Waals surface area contributed by atoms with Gasteiger partial charge in [0.25, 0.3) is 16.2 Å². The van der Waals surface area contributed by atoms with Crippen molar-refractivity contribution in [1.82, 2.24) is 0 Å². The van der Waals surface area contributed by atoms with E-state index < -0.39 is 50.9 Å². The lowest BCUT2D eigenvalue weighted by atomic mass is 10.0. The molecule has 0 aromatic heterocycles. The fraction of sp³-hybridized carbons (Fsp3) is 0.0769. The van der Waals surface area contributed by atoms with Crippen LogP contribution < -0.4 is 5.19 Å². The molecule has 22 heavy (non-hydrogen) atoms. The summed E-state index contributed by atoms with van der Waals surface area (Å²) in [5.74, 6) is -10.2. The van der Waals surface area contributed by atoms with Crippen LogP contribution in [0.1, 0.15) is 0 Å². The summed E-state index contributed by atoms with van der Waals surface area (Å²) < 4.78 is 71.3. The van der Waals surface area contributed by atoms with Crippen molar-refractivity contribution >= 4 is 14.9 Å². The van der Waals surface area contributed by atoms with Gasteiger partial charge in [-0.05, 0) is 10.8 Å². The Morgan fingerprint density at radius 3 is 1.95 bits per heavy atom. The molecule has 0 aliphatic carbocycles. The summed E-state index contributed by atoms with van der Waals surface area (Å²) in [6.45, 7) is -2.05. The highest BCUT2D eigenvalue weighted by Gasteiger charge is 2.26. The molecular weight excluding hydrogens is 327 g/mol. The van der Waals surface area contributed by atoms with E-state index in [1.165, 1.54) is 12.1 Å². The number of benzene rings is 2.